The molecule has 0 bridgehead atoms. The normalized spacial score (nSPS) is 23.6. The Bertz CT molecular complexity index is 2650. The number of hydrogen-bond donors (Lipinski definition) is 2. The lowest BCUT2D eigenvalue weighted by atomic mass is 10.0. The summed E-state index contributed by atoms with van der Waals surface area (Å²) in [6.07, 6.45) is 0.945. The fourth-order valence-corrected chi connectivity index (χ4v) is 13.0. The highest BCUT2D eigenvalue weighted by Crippen LogP contribution is 2.42. The molecule has 4 saturated carbocycles. The van der Waals surface area contributed by atoms with Gasteiger partial charge in [-0.1, -0.05) is 82.8 Å². The van der Waals surface area contributed by atoms with E-state index in [1.165, 1.54) is 48.5 Å². The second-order valence-corrected chi connectivity index (χ2v) is 22.9. The average Bonchev–Trinajstić information content (AvgIpc) is 4.14. The standard InChI is InChI=1S/2C23H21Cl2FN2O4S/c2*24-17-6-5-14(9-19(17)26)12-32-20-11-15(33(30,31)21-4-2-1-3-18(21)25)10-16(20)22(29)28-23(13-27)7-8-23/h2*1-6,9,15-16,20H,7-8,10-12H2,(H,28,29)/t2*15-,16-,20-/m10/s1. The quantitative estimate of drug-likeness (QED) is 0.123. The summed E-state index contributed by atoms with van der Waals surface area (Å²) < 4.78 is 92.6. The van der Waals surface area contributed by atoms with Crippen LogP contribution in [-0.4, -0.2) is 62.4 Å². The third kappa shape index (κ3) is 11.1. The summed E-state index contributed by atoms with van der Waals surface area (Å²) in [4.78, 5) is 26.0. The zero-order valence-corrected chi connectivity index (χ0v) is 39.5. The maximum Gasteiger partial charge on any atom is 0.227 e. The number of hydrogen-bond acceptors (Lipinski definition) is 10. The molecular weight excluding hydrogens is 980 g/mol. The fourth-order valence-electron chi connectivity index (χ4n) is 8.15. The van der Waals surface area contributed by atoms with Crippen molar-refractivity contribution in [3.05, 3.63) is 128 Å². The van der Waals surface area contributed by atoms with Gasteiger partial charge in [0.25, 0.3) is 0 Å². The van der Waals surface area contributed by atoms with E-state index in [0.29, 0.717) is 36.8 Å². The monoisotopic (exact) mass is 1020 g/mol. The molecule has 12 nitrogen and oxygen atoms in total. The molecule has 0 radical (unpaired) electrons. The Balaban J connectivity index is 0.000000196. The minimum absolute atomic E-state index is 0.00642. The molecule has 20 heteroatoms. The number of carbonyl (C=O) groups is 2. The second kappa shape index (κ2) is 20.1. The SMILES string of the molecule is N#CC1(NC(=O)[C@@H]2C[C@@H](S(=O)(=O)c3ccccc3Cl)C[C@H]2OCc2ccc(Cl)c(F)c2)CC1.N#CC1(NC(=O)[C@H]2C[C@H](S(=O)(=O)c3ccccc3Cl)C[C@@H]2OCc2ccc(Cl)c(F)c2)CC1. The van der Waals surface area contributed by atoms with E-state index in [1.54, 1.807) is 36.4 Å². The van der Waals surface area contributed by atoms with Crippen LogP contribution in [0.25, 0.3) is 0 Å². The van der Waals surface area contributed by atoms with Crippen molar-refractivity contribution < 1.29 is 44.7 Å². The first-order valence-electron chi connectivity index (χ1n) is 20.8. The van der Waals surface area contributed by atoms with E-state index in [2.05, 4.69) is 22.8 Å². The van der Waals surface area contributed by atoms with Gasteiger partial charge in [0.15, 0.2) is 19.7 Å². The number of benzene rings is 4. The summed E-state index contributed by atoms with van der Waals surface area (Å²) >= 11 is 23.7. The Morgan fingerprint density at radius 3 is 1.27 bits per heavy atom. The van der Waals surface area contributed by atoms with E-state index in [-0.39, 0.29) is 68.8 Å². The van der Waals surface area contributed by atoms with E-state index >= 15 is 0 Å². The molecule has 4 fully saturated rings. The van der Waals surface area contributed by atoms with Crippen LogP contribution in [0.15, 0.2) is 94.7 Å². The molecule has 4 aromatic carbocycles. The number of amides is 2. The van der Waals surface area contributed by atoms with Crippen LogP contribution in [-0.2, 0) is 52.0 Å². The second-order valence-electron chi connectivity index (χ2n) is 16.9. The van der Waals surface area contributed by atoms with Gasteiger partial charge in [0.1, 0.15) is 22.7 Å². The zero-order valence-electron chi connectivity index (χ0n) is 34.9. The van der Waals surface area contributed by atoms with Gasteiger partial charge in [-0.05, 0) is 111 Å². The maximum absolute atomic E-state index is 13.8. The summed E-state index contributed by atoms with van der Waals surface area (Å²) in [5, 5.41) is 22.5. The lowest BCUT2D eigenvalue weighted by Crippen LogP contribution is -2.42. The van der Waals surface area contributed by atoms with Crippen molar-refractivity contribution in [1.82, 2.24) is 10.6 Å². The van der Waals surface area contributed by atoms with Gasteiger partial charge in [-0.3, -0.25) is 9.59 Å². The highest BCUT2D eigenvalue weighted by atomic mass is 35.5. The van der Waals surface area contributed by atoms with Crippen LogP contribution in [0.4, 0.5) is 8.78 Å². The lowest BCUT2D eigenvalue weighted by Gasteiger charge is -2.21. The molecule has 0 unspecified atom stereocenters. The zero-order chi connectivity index (χ0) is 47.6. The molecule has 2 N–H and O–H groups in total. The first-order valence-corrected chi connectivity index (χ1v) is 25.5. The van der Waals surface area contributed by atoms with Gasteiger partial charge in [0.05, 0.1) is 89.8 Å². The molecule has 4 aliphatic carbocycles. The van der Waals surface area contributed by atoms with E-state index in [9.17, 15) is 45.7 Å². The van der Waals surface area contributed by atoms with Crippen LogP contribution in [0.5, 0.6) is 0 Å². The minimum atomic E-state index is -3.83. The molecule has 0 heterocycles. The van der Waals surface area contributed by atoms with Gasteiger partial charge in [0.2, 0.25) is 11.8 Å². The minimum Gasteiger partial charge on any atom is -0.373 e. The van der Waals surface area contributed by atoms with Crippen molar-refractivity contribution in [2.24, 2.45) is 11.8 Å². The molecule has 2 amide bonds. The van der Waals surface area contributed by atoms with Gasteiger partial charge in [-0.2, -0.15) is 10.5 Å². The molecule has 6 atom stereocenters. The summed E-state index contributed by atoms with van der Waals surface area (Å²) in [5.74, 6) is -3.59. The molecule has 4 aliphatic rings. The largest absolute Gasteiger partial charge is 0.373 e. The number of halogens is 6. The predicted molar refractivity (Wildman–Crippen MR) is 242 cm³/mol. The first-order chi connectivity index (χ1) is 31.3. The van der Waals surface area contributed by atoms with E-state index < -0.39 is 88.7 Å². The van der Waals surface area contributed by atoms with Crippen molar-refractivity contribution in [3.8, 4) is 12.1 Å². The molecule has 66 heavy (non-hydrogen) atoms. The summed E-state index contributed by atoms with van der Waals surface area (Å²) in [6.45, 7) is -0.0461. The number of ether oxygens (including phenoxy) is 2. The Labute approximate surface area is 401 Å². The van der Waals surface area contributed by atoms with Gasteiger partial charge in [0, 0.05) is 0 Å². The van der Waals surface area contributed by atoms with Crippen molar-refractivity contribution in [2.45, 2.75) is 108 Å². The van der Waals surface area contributed by atoms with Crippen molar-refractivity contribution in [3.63, 3.8) is 0 Å². The van der Waals surface area contributed by atoms with Crippen LogP contribution in [0.2, 0.25) is 20.1 Å². The number of nitriles is 2. The molecule has 0 aliphatic heterocycles. The van der Waals surface area contributed by atoms with Crippen molar-refractivity contribution >= 4 is 77.9 Å². The van der Waals surface area contributed by atoms with E-state index in [1.807, 2.05) is 0 Å². The van der Waals surface area contributed by atoms with Gasteiger partial charge >= 0.3 is 0 Å². The predicted octanol–water partition coefficient (Wildman–Crippen LogP) is 8.89. The Hall–Kier alpha value is -4.36. The first kappa shape index (κ1) is 49.5. The van der Waals surface area contributed by atoms with E-state index in [0.717, 1.165) is 0 Å². The summed E-state index contributed by atoms with van der Waals surface area (Å²) in [6, 6.07) is 25.0. The number of nitrogens with zero attached hydrogens (tertiary/aromatic N) is 2. The van der Waals surface area contributed by atoms with Crippen LogP contribution in [0.3, 0.4) is 0 Å². The Kier molecular flexibility index (Phi) is 15.1. The van der Waals surface area contributed by atoms with Crippen LogP contribution in [0, 0.1) is 46.1 Å². The molecular formula is C46H42Cl4F2N4O8S2. The fraction of sp³-hybridized carbons (Fsp3) is 0.391. The molecule has 348 valence electrons. The number of carbonyl (C=O) groups excluding carboxylic acids is 2. The average molecular weight is 1020 g/mol. The molecule has 0 spiro atoms. The third-order valence-electron chi connectivity index (χ3n) is 12.3. The van der Waals surface area contributed by atoms with E-state index in [4.69, 9.17) is 55.9 Å². The molecule has 4 aromatic rings. The maximum atomic E-state index is 13.8. The highest BCUT2D eigenvalue weighted by molar-refractivity contribution is 7.92. The van der Waals surface area contributed by atoms with Crippen LogP contribution in [0.1, 0.15) is 62.5 Å². The van der Waals surface area contributed by atoms with Gasteiger partial charge in [-0.15, -0.1) is 0 Å². The van der Waals surface area contributed by atoms with Crippen LogP contribution >= 0.6 is 46.4 Å². The molecule has 0 saturated heterocycles. The number of sulfone groups is 2. The number of rotatable bonds is 14. The number of nitrogens with one attached hydrogen (secondary N) is 2. The highest BCUT2D eigenvalue weighted by Gasteiger charge is 2.52. The molecule has 8 rings (SSSR count). The van der Waals surface area contributed by atoms with Crippen LogP contribution < -0.4 is 10.6 Å². The lowest BCUT2D eigenvalue weighted by molar-refractivity contribution is -0.131. The molecule has 0 aromatic heterocycles. The van der Waals surface area contributed by atoms with Gasteiger partial charge in [-0.25, -0.2) is 25.6 Å². The summed E-state index contributed by atoms with van der Waals surface area (Å²) in [7, 11) is -7.66. The van der Waals surface area contributed by atoms with Crippen molar-refractivity contribution in [2.75, 3.05) is 0 Å². The third-order valence-corrected chi connectivity index (χ3v) is 18.3. The Morgan fingerprint density at radius 2 is 0.955 bits per heavy atom. The smallest absolute Gasteiger partial charge is 0.227 e. The topological polar surface area (TPSA) is 193 Å². The van der Waals surface area contributed by atoms with Gasteiger partial charge < -0.3 is 20.1 Å². The summed E-state index contributed by atoms with van der Waals surface area (Å²) in [5.41, 5.74) is -0.769. The van der Waals surface area contributed by atoms with Crippen molar-refractivity contribution in [1.29, 1.82) is 10.5 Å². The Morgan fingerprint density at radius 1 is 0.591 bits per heavy atom.